The number of nitrogens with zero attached hydrogens (tertiary/aromatic N) is 3. The summed E-state index contributed by atoms with van der Waals surface area (Å²) >= 11 is 0. The first-order valence-electron chi connectivity index (χ1n) is 6.84. The molecule has 4 nitrogen and oxygen atoms in total. The molecule has 0 spiro atoms. The van der Waals surface area contributed by atoms with Gasteiger partial charge in [0.05, 0.1) is 0 Å². The number of benzene rings is 1. The monoisotopic (exact) mass is 281 g/mol. The van der Waals surface area contributed by atoms with Crippen molar-refractivity contribution in [3.8, 4) is 17.8 Å². The van der Waals surface area contributed by atoms with Crippen LogP contribution in [0, 0.1) is 25.2 Å². The summed E-state index contributed by atoms with van der Waals surface area (Å²) < 4.78 is 5.87. The van der Waals surface area contributed by atoms with Gasteiger partial charge in [-0.3, -0.25) is 0 Å². The maximum Gasteiger partial charge on any atom is 0.323 e. The van der Waals surface area contributed by atoms with Gasteiger partial charge in [0.15, 0.2) is 0 Å². The third-order valence-electron chi connectivity index (χ3n) is 3.09. The van der Waals surface area contributed by atoms with Crippen LogP contribution >= 0.6 is 0 Å². The van der Waals surface area contributed by atoms with Gasteiger partial charge in [0.25, 0.3) is 0 Å². The van der Waals surface area contributed by atoms with Crippen LogP contribution in [0.25, 0.3) is 0 Å². The van der Waals surface area contributed by atoms with Crippen molar-refractivity contribution < 1.29 is 4.74 Å². The highest BCUT2D eigenvalue weighted by molar-refractivity contribution is 5.42. The molecule has 0 saturated carbocycles. The number of rotatable bonds is 2. The van der Waals surface area contributed by atoms with Crippen molar-refractivity contribution in [2.45, 2.75) is 40.0 Å². The minimum atomic E-state index is -0.0507. The zero-order chi connectivity index (χ0) is 15.6. The fraction of sp³-hybridized carbons (Fsp3) is 0.353. The molecule has 2 aromatic rings. The molecule has 0 unspecified atom stereocenters. The van der Waals surface area contributed by atoms with Crippen LogP contribution in [-0.4, -0.2) is 9.97 Å². The molecule has 0 aliphatic carbocycles. The van der Waals surface area contributed by atoms with Crippen molar-refractivity contribution in [3.05, 3.63) is 46.8 Å². The first-order valence-corrected chi connectivity index (χ1v) is 6.84. The first kappa shape index (κ1) is 15.0. The number of hydrogen-bond donors (Lipinski definition) is 0. The van der Waals surface area contributed by atoms with Gasteiger partial charge in [-0.15, -0.1) is 0 Å². The summed E-state index contributed by atoms with van der Waals surface area (Å²) in [5.41, 5.74) is 3.15. The summed E-state index contributed by atoms with van der Waals surface area (Å²) in [4.78, 5) is 8.35. The minimum Gasteiger partial charge on any atom is -0.424 e. The van der Waals surface area contributed by atoms with E-state index in [0.717, 1.165) is 16.9 Å². The molecule has 2 rings (SSSR count). The zero-order valence-electron chi connectivity index (χ0n) is 13.1. The summed E-state index contributed by atoms with van der Waals surface area (Å²) in [5, 5.41) is 8.98. The summed E-state index contributed by atoms with van der Waals surface area (Å²) in [5.74, 6) is 0.733. The predicted octanol–water partition coefficient (Wildman–Crippen LogP) is 4.05. The molecular formula is C17H19N3O. The highest BCUT2D eigenvalue weighted by Gasteiger charge is 2.20. The lowest BCUT2D eigenvalue weighted by molar-refractivity contribution is 0.420. The van der Waals surface area contributed by atoms with Crippen LogP contribution in [0.1, 0.15) is 43.3 Å². The summed E-state index contributed by atoms with van der Waals surface area (Å²) in [6, 6.07) is 9.96. The van der Waals surface area contributed by atoms with E-state index in [-0.39, 0.29) is 11.4 Å². The van der Waals surface area contributed by atoms with Crippen LogP contribution in [0.15, 0.2) is 24.3 Å². The third kappa shape index (κ3) is 3.57. The fourth-order valence-electron chi connectivity index (χ4n) is 2.08. The summed E-state index contributed by atoms with van der Waals surface area (Å²) in [7, 11) is 0. The Kier molecular flexibility index (Phi) is 3.95. The molecule has 0 atom stereocenters. The lowest BCUT2D eigenvalue weighted by atomic mass is 9.86. The zero-order valence-corrected chi connectivity index (χ0v) is 13.1. The van der Waals surface area contributed by atoms with Gasteiger partial charge >= 0.3 is 6.01 Å². The SMILES string of the molecule is Cc1ccc(C(C)(C)C)c(Oc2nc(C)cc(C#N)n2)c1. The van der Waals surface area contributed by atoms with Gasteiger partial charge in [0.2, 0.25) is 0 Å². The molecule has 1 aromatic carbocycles. The smallest absolute Gasteiger partial charge is 0.323 e. The van der Waals surface area contributed by atoms with Crippen LogP contribution in [0.2, 0.25) is 0 Å². The predicted molar refractivity (Wildman–Crippen MR) is 81.4 cm³/mol. The molecule has 0 radical (unpaired) electrons. The van der Waals surface area contributed by atoms with Gasteiger partial charge in [-0.05, 0) is 37.0 Å². The van der Waals surface area contributed by atoms with Gasteiger partial charge in [-0.25, -0.2) is 4.98 Å². The second-order valence-corrected chi connectivity index (χ2v) is 6.14. The van der Waals surface area contributed by atoms with E-state index in [1.165, 1.54) is 0 Å². The molecule has 21 heavy (non-hydrogen) atoms. The van der Waals surface area contributed by atoms with Crippen molar-refractivity contribution in [1.29, 1.82) is 5.26 Å². The molecule has 0 aliphatic rings. The molecular weight excluding hydrogens is 262 g/mol. The second kappa shape index (κ2) is 5.53. The molecule has 108 valence electrons. The Hall–Kier alpha value is -2.41. The number of aryl methyl sites for hydroxylation is 2. The van der Waals surface area contributed by atoms with Crippen molar-refractivity contribution >= 4 is 0 Å². The molecule has 1 heterocycles. The molecule has 0 saturated heterocycles. The molecule has 0 N–H and O–H groups in total. The lowest BCUT2D eigenvalue weighted by Crippen LogP contribution is -2.13. The van der Waals surface area contributed by atoms with Crippen LogP contribution in [0.5, 0.6) is 11.8 Å². The van der Waals surface area contributed by atoms with Crippen LogP contribution in [0.3, 0.4) is 0 Å². The number of hydrogen-bond acceptors (Lipinski definition) is 4. The Bertz CT molecular complexity index is 709. The lowest BCUT2D eigenvalue weighted by Gasteiger charge is -2.22. The fourth-order valence-corrected chi connectivity index (χ4v) is 2.08. The Morgan fingerprint density at radius 3 is 2.43 bits per heavy atom. The van der Waals surface area contributed by atoms with Gasteiger partial charge < -0.3 is 4.74 Å². The van der Waals surface area contributed by atoms with Crippen LogP contribution in [-0.2, 0) is 5.41 Å². The Labute approximate surface area is 125 Å². The quantitative estimate of drug-likeness (QED) is 0.833. The molecule has 4 heteroatoms. The molecule has 1 aromatic heterocycles. The van der Waals surface area contributed by atoms with Crippen molar-refractivity contribution in [2.24, 2.45) is 0 Å². The highest BCUT2D eigenvalue weighted by Crippen LogP contribution is 2.34. The van der Waals surface area contributed by atoms with E-state index in [0.29, 0.717) is 11.4 Å². The van der Waals surface area contributed by atoms with Crippen molar-refractivity contribution in [2.75, 3.05) is 0 Å². The van der Waals surface area contributed by atoms with Crippen LogP contribution < -0.4 is 4.74 Å². The maximum absolute atomic E-state index is 8.98. The third-order valence-corrected chi connectivity index (χ3v) is 3.09. The van der Waals surface area contributed by atoms with E-state index < -0.39 is 0 Å². The minimum absolute atomic E-state index is 0.0507. The largest absolute Gasteiger partial charge is 0.424 e. The summed E-state index contributed by atoms with van der Waals surface area (Å²) in [6.07, 6.45) is 0. The van der Waals surface area contributed by atoms with E-state index in [4.69, 9.17) is 10.00 Å². The topological polar surface area (TPSA) is 58.8 Å². The van der Waals surface area contributed by atoms with Crippen LogP contribution in [0.4, 0.5) is 0 Å². The maximum atomic E-state index is 8.98. The van der Waals surface area contributed by atoms with E-state index in [1.54, 1.807) is 6.07 Å². The van der Waals surface area contributed by atoms with Gasteiger partial charge in [-0.1, -0.05) is 32.9 Å². The molecule has 0 fully saturated rings. The standard InChI is InChI=1S/C17H19N3O/c1-11-6-7-14(17(3,4)5)15(8-11)21-16-19-12(2)9-13(10-18)20-16/h6-9H,1-5H3. The Balaban J connectivity index is 2.47. The van der Waals surface area contributed by atoms with E-state index >= 15 is 0 Å². The van der Waals surface area contributed by atoms with Crippen molar-refractivity contribution in [1.82, 2.24) is 9.97 Å². The normalized spacial score (nSPS) is 11.0. The first-order chi connectivity index (χ1) is 9.79. The van der Waals surface area contributed by atoms with Gasteiger partial charge in [0.1, 0.15) is 17.5 Å². The van der Waals surface area contributed by atoms with E-state index in [9.17, 15) is 0 Å². The second-order valence-electron chi connectivity index (χ2n) is 6.14. The van der Waals surface area contributed by atoms with Gasteiger partial charge in [0, 0.05) is 11.3 Å². The highest BCUT2D eigenvalue weighted by atomic mass is 16.5. The Morgan fingerprint density at radius 1 is 1.10 bits per heavy atom. The average molecular weight is 281 g/mol. The Morgan fingerprint density at radius 2 is 1.81 bits per heavy atom. The summed E-state index contributed by atoms with van der Waals surface area (Å²) in [6.45, 7) is 10.2. The molecule has 0 bridgehead atoms. The van der Waals surface area contributed by atoms with Crippen molar-refractivity contribution in [3.63, 3.8) is 0 Å². The molecule has 0 aliphatic heterocycles. The molecule has 0 amide bonds. The number of ether oxygens (including phenoxy) is 1. The number of aromatic nitrogens is 2. The van der Waals surface area contributed by atoms with E-state index in [2.05, 4.69) is 42.9 Å². The number of nitriles is 1. The van der Waals surface area contributed by atoms with Gasteiger partial charge in [-0.2, -0.15) is 10.2 Å². The van der Waals surface area contributed by atoms with E-state index in [1.807, 2.05) is 26.0 Å². The average Bonchev–Trinajstić information content (AvgIpc) is 2.36.